The SMILES string of the molecule is COc1ccc(-c2ccccc2CO)c(C)c1. The highest BCUT2D eigenvalue weighted by atomic mass is 16.5. The lowest BCUT2D eigenvalue weighted by Crippen LogP contribution is -1.92. The Morgan fingerprint density at radius 3 is 2.47 bits per heavy atom. The van der Waals surface area contributed by atoms with Crippen molar-refractivity contribution >= 4 is 0 Å². The average Bonchev–Trinajstić information content (AvgIpc) is 2.38. The van der Waals surface area contributed by atoms with Crippen molar-refractivity contribution in [2.75, 3.05) is 7.11 Å². The second-order valence-electron chi connectivity index (χ2n) is 4.00. The first-order valence-electron chi connectivity index (χ1n) is 5.60. The average molecular weight is 228 g/mol. The first-order valence-corrected chi connectivity index (χ1v) is 5.60. The minimum absolute atomic E-state index is 0.0572. The maximum atomic E-state index is 9.35. The summed E-state index contributed by atoms with van der Waals surface area (Å²) in [4.78, 5) is 0. The van der Waals surface area contributed by atoms with Crippen molar-refractivity contribution < 1.29 is 9.84 Å². The Morgan fingerprint density at radius 2 is 1.82 bits per heavy atom. The maximum Gasteiger partial charge on any atom is 0.119 e. The molecule has 2 heteroatoms. The summed E-state index contributed by atoms with van der Waals surface area (Å²) in [6.45, 7) is 2.10. The molecule has 0 atom stereocenters. The number of aliphatic hydroxyl groups is 1. The first-order chi connectivity index (χ1) is 8.26. The number of hydrogen-bond acceptors (Lipinski definition) is 2. The number of aliphatic hydroxyl groups excluding tert-OH is 1. The van der Waals surface area contributed by atoms with Gasteiger partial charge in [0.05, 0.1) is 13.7 Å². The molecule has 0 aromatic heterocycles. The molecule has 2 rings (SSSR count). The third-order valence-electron chi connectivity index (χ3n) is 2.91. The van der Waals surface area contributed by atoms with Gasteiger partial charge in [-0.15, -0.1) is 0 Å². The summed E-state index contributed by atoms with van der Waals surface area (Å²) >= 11 is 0. The van der Waals surface area contributed by atoms with Crippen LogP contribution in [0.15, 0.2) is 42.5 Å². The Hall–Kier alpha value is -1.80. The molecular weight excluding hydrogens is 212 g/mol. The molecule has 0 saturated heterocycles. The van der Waals surface area contributed by atoms with Crippen molar-refractivity contribution in [3.8, 4) is 16.9 Å². The number of methoxy groups -OCH3 is 1. The van der Waals surface area contributed by atoms with E-state index in [0.29, 0.717) is 0 Å². The Labute approximate surface area is 101 Å². The van der Waals surface area contributed by atoms with Crippen LogP contribution in [0.5, 0.6) is 5.75 Å². The van der Waals surface area contributed by atoms with Gasteiger partial charge >= 0.3 is 0 Å². The van der Waals surface area contributed by atoms with E-state index in [4.69, 9.17) is 4.74 Å². The molecule has 0 unspecified atom stereocenters. The first kappa shape index (κ1) is 11.7. The number of ether oxygens (including phenoxy) is 1. The van der Waals surface area contributed by atoms with E-state index in [2.05, 4.69) is 0 Å². The molecule has 0 aliphatic heterocycles. The summed E-state index contributed by atoms with van der Waals surface area (Å²) in [6.07, 6.45) is 0. The zero-order valence-corrected chi connectivity index (χ0v) is 10.1. The molecular formula is C15H16O2. The van der Waals surface area contributed by atoms with Crippen molar-refractivity contribution in [2.45, 2.75) is 13.5 Å². The largest absolute Gasteiger partial charge is 0.497 e. The normalized spacial score (nSPS) is 10.3. The highest BCUT2D eigenvalue weighted by Gasteiger charge is 2.07. The van der Waals surface area contributed by atoms with E-state index in [0.717, 1.165) is 28.0 Å². The summed E-state index contributed by atoms with van der Waals surface area (Å²) in [6, 6.07) is 13.9. The van der Waals surface area contributed by atoms with E-state index in [1.807, 2.05) is 49.4 Å². The summed E-state index contributed by atoms with van der Waals surface area (Å²) in [7, 11) is 1.66. The molecule has 0 heterocycles. The van der Waals surface area contributed by atoms with E-state index < -0.39 is 0 Å². The molecule has 2 aromatic rings. The van der Waals surface area contributed by atoms with E-state index in [1.54, 1.807) is 7.11 Å². The maximum absolute atomic E-state index is 9.35. The monoisotopic (exact) mass is 228 g/mol. The van der Waals surface area contributed by atoms with E-state index >= 15 is 0 Å². The summed E-state index contributed by atoms with van der Waals surface area (Å²) in [5.74, 6) is 0.854. The van der Waals surface area contributed by atoms with Gasteiger partial charge in [-0.3, -0.25) is 0 Å². The minimum atomic E-state index is 0.0572. The zero-order valence-electron chi connectivity index (χ0n) is 10.1. The molecule has 0 aliphatic rings. The van der Waals surface area contributed by atoms with Crippen molar-refractivity contribution in [1.29, 1.82) is 0 Å². The van der Waals surface area contributed by atoms with Gasteiger partial charge < -0.3 is 9.84 Å². The van der Waals surface area contributed by atoms with Crippen LogP contribution in [0, 0.1) is 6.92 Å². The Morgan fingerprint density at radius 1 is 1.06 bits per heavy atom. The second-order valence-corrected chi connectivity index (χ2v) is 4.00. The van der Waals surface area contributed by atoms with Crippen LogP contribution in [0.25, 0.3) is 11.1 Å². The Bertz CT molecular complexity index is 518. The standard InChI is InChI=1S/C15H16O2/c1-11-9-13(17-2)7-8-14(11)15-6-4-3-5-12(15)10-16/h3-9,16H,10H2,1-2H3. The van der Waals surface area contributed by atoms with Gasteiger partial charge in [-0.2, -0.15) is 0 Å². The third-order valence-corrected chi connectivity index (χ3v) is 2.91. The van der Waals surface area contributed by atoms with Crippen LogP contribution in [0.4, 0.5) is 0 Å². The second kappa shape index (κ2) is 5.02. The Balaban J connectivity index is 2.53. The van der Waals surface area contributed by atoms with Crippen LogP contribution in [0.2, 0.25) is 0 Å². The molecule has 2 nitrogen and oxygen atoms in total. The van der Waals surface area contributed by atoms with Crippen LogP contribution in [-0.2, 0) is 6.61 Å². The van der Waals surface area contributed by atoms with Crippen molar-refractivity contribution in [3.63, 3.8) is 0 Å². The molecule has 17 heavy (non-hydrogen) atoms. The van der Waals surface area contributed by atoms with E-state index in [9.17, 15) is 5.11 Å². The molecule has 1 N–H and O–H groups in total. The smallest absolute Gasteiger partial charge is 0.119 e. The van der Waals surface area contributed by atoms with E-state index in [-0.39, 0.29) is 6.61 Å². The van der Waals surface area contributed by atoms with Crippen molar-refractivity contribution in [3.05, 3.63) is 53.6 Å². The number of benzene rings is 2. The molecule has 0 saturated carbocycles. The quantitative estimate of drug-likeness (QED) is 0.874. The molecule has 0 radical (unpaired) electrons. The van der Waals surface area contributed by atoms with Gasteiger partial charge in [-0.25, -0.2) is 0 Å². The number of hydrogen-bond donors (Lipinski definition) is 1. The lowest BCUT2D eigenvalue weighted by Gasteiger charge is -2.11. The lowest BCUT2D eigenvalue weighted by atomic mass is 9.96. The molecule has 0 fully saturated rings. The van der Waals surface area contributed by atoms with Crippen LogP contribution >= 0.6 is 0 Å². The van der Waals surface area contributed by atoms with E-state index in [1.165, 1.54) is 0 Å². The van der Waals surface area contributed by atoms with Crippen LogP contribution in [0.3, 0.4) is 0 Å². The predicted molar refractivity (Wildman–Crippen MR) is 69.1 cm³/mol. The fourth-order valence-corrected chi connectivity index (χ4v) is 1.99. The van der Waals surface area contributed by atoms with Crippen LogP contribution < -0.4 is 4.74 Å². The van der Waals surface area contributed by atoms with Gasteiger partial charge in [-0.1, -0.05) is 30.3 Å². The summed E-state index contributed by atoms with van der Waals surface area (Å²) in [5.41, 5.74) is 4.30. The van der Waals surface area contributed by atoms with Gasteiger partial charge in [0.2, 0.25) is 0 Å². The summed E-state index contributed by atoms with van der Waals surface area (Å²) < 4.78 is 5.19. The molecule has 0 spiro atoms. The highest BCUT2D eigenvalue weighted by Crippen LogP contribution is 2.29. The van der Waals surface area contributed by atoms with Gasteiger partial charge in [0.15, 0.2) is 0 Å². The molecule has 0 aliphatic carbocycles. The zero-order chi connectivity index (χ0) is 12.3. The van der Waals surface area contributed by atoms with Gasteiger partial charge in [0.25, 0.3) is 0 Å². The number of rotatable bonds is 3. The fourth-order valence-electron chi connectivity index (χ4n) is 1.99. The topological polar surface area (TPSA) is 29.5 Å². The van der Waals surface area contributed by atoms with Crippen molar-refractivity contribution in [1.82, 2.24) is 0 Å². The van der Waals surface area contributed by atoms with Crippen LogP contribution in [-0.4, -0.2) is 12.2 Å². The fraction of sp³-hybridized carbons (Fsp3) is 0.200. The van der Waals surface area contributed by atoms with Crippen molar-refractivity contribution in [2.24, 2.45) is 0 Å². The van der Waals surface area contributed by atoms with Gasteiger partial charge in [0, 0.05) is 0 Å². The highest BCUT2D eigenvalue weighted by molar-refractivity contribution is 5.71. The minimum Gasteiger partial charge on any atom is -0.497 e. The Kier molecular flexibility index (Phi) is 3.45. The third kappa shape index (κ3) is 2.32. The van der Waals surface area contributed by atoms with Gasteiger partial charge in [0.1, 0.15) is 5.75 Å². The summed E-state index contributed by atoms with van der Waals surface area (Å²) in [5, 5.41) is 9.35. The number of aryl methyl sites for hydroxylation is 1. The molecule has 2 aromatic carbocycles. The molecule has 88 valence electrons. The lowest BCUT2D eigenvalue weighted by molar-refractivity contribution is 0.282. The predicted octanol–water partition coefficient (Wildman–Crippen LogP) is 3.16. The molecule has 0 bridgehead atoms. The molecule has 0 amide bonds. The van der Waals surface area contributed by atoms with Gasteiger partial charge in [-0.05, 0) is 41.3 Å². The van der Waals surface area contributed by atoms with Crippen LogP contribution in [0.1, 0.15) is 11.1 Å².